The molecule has 100 valence electrons. The Balaban J connectivity index is 1.95. The van der Waals surface area contributed by atoms with E-state index in [1.165, 1.54) is 76.2 Å². The van der Waals surface area contributed by atoms with Gasteiger partial charge in [0, 0.05) is 17.9 Å². The van der Waals surface area contributed by atoms with Crippen LogP contribution in [0.4, 0.5) is 0 Å². The number of nitrogens with zero attached hydrogens (tertiary/aromatic N) is 1. The van der Waals surface area contributed by atoms with Crippen LogP contribution in [0.3, 0.4) is 0 Å². The first-order valence-corrected chi connectivity index (χ1v) is 8.68. The number of alkyl halides is 1. The van der Waals surface area contributed by atoms with Crippen molar-refractivity contribution in [3.05, 3.63) is 0 Å². The van der Waals surface area contributed by atoms with Crippen molar-refractivity contribution in [2.45, 2.75) is 70.8 Å². The predicted molar refractivity (Wildman–Crippen MR) is 78.8 cm³/mol. The molecule has 0 N–H and O–H groups in total. The molecule has 1 unspecified atom stereocenters. The maximum absolute atomic E-state index is 3.81. The van der Waals surface area contributed by atoms with Gasteiger partial charge in [0.1, 0.15) is 0 Å². The molecule has 0 bridgehead atoms. The van der Waals surface area contributed by atoms with Crippen LogP contribution in [0.2, 0.25) is 0 Å². The minimum atomic E-state index is 0.594. The van der Waals surface area contributed by atoms with Gasteiger partial charge < -0.3 is 4.90 Å². The van der Waals surface area contributed by atoms with Crippen LogP contribution >= 0.6 is 15.9 Å². The van der Waals surface area contributed by atoms with Gasteiger partial charge in [0.05, 0.1) is 0 Å². The van der Waals surface area contributed by atoms with Crippen molar-refractivity contribution in [3.63, 3.8) is 0 Å². The molecule has 0 spiro atoms. The lowest BCUT2D eigenvalue weighted by atomic mass is 9.75. The zero-order chi connectivity index (χ0) is 12.1. The van der Waals surface area contributed by atoms with Gasteiger partial charge in [0.25, 0.3) is 0 Å². The Kier molecular flexibility index (Phi) is 5.35. The molecule has 1 aliphatic carbocycles. The normalized spacial score (nSPS) is 31.1. The van der Waals surface area contributed by atoms with E-state index < -0.39 is 0 Å². The fourth-order valence-electron chi connectivity index (χ4n) is 3.64. The molecule has 2 rings (SSSR count). The number of rotatable bonds is 3. The van der Waals surface area contributed by atoms with E-state index in [2.05, 4.69) is 27.8 Å². The molecule has 2 fully saturated rings. The summed E-state index contributed by atoms with van der Waals surface area (Å²) >= 11 is 3.81. The van der Waals surface area contributed by atoms with Crippen LogP contribution in [0.15, 0.2) is 0 Å². The molecule has 2 heteroatoms. The standard InChI is InChI=1S/C15H28BrN/c1-14-8-4-2-7-11-17(14)13-15(12-16)9-5-3-6-10-15/h14H,2-13H2,1H3. The van der Waals surface area contributed by atoms with Crippen molar-refractivity contribution < 1.29 is 0 Å². The van der Waals surface area contributed by atoms with Gasteiger partial charge in [-0.1, -0.05) is 48.0 Å². The van der Waals surface area contributed by atoms with E-state index in [1.54, 1.807) is 0 Å². The zero-order valence-electron chi connectivity index (χ0n) is 11.4. The average Bonchev–Trinajstić information content (AvgIpc) is 2.56. The topological polar surface area (TPSA) is 3.24 Å². The Morgan fingerprint density at radius 1 is 1.06 bits per heavy atom. The van der Waals surface area contributed by atoms with Gasteiger partial charge in [-0.3, -0.25) is 0 Å². The molecular formula is C15H28BrN. The molecule has 0 aromatic heterocycles. The lowest BCUT2D eigenvalue weighted by molar-refractivity contribution is 0.101. The summed E-state index contributed by atoms with van der Waals surface area (Å²) in [6, 6.07) is 0.815. The van der Waals surface area contributed by atoms with E-state index in [0.29, 0.717) is 5.41 Å². The molecule has 1 aliphatic heterocycles. The first-order chi connectivity index (χ1) is 8.26. The molecule has 2 aliphatic rings. The average molecular weight is 302 g/mol. The van der Waals surface area contributed by atoms with Gasteiger partial charge in [-0.15, -0.1) is 0 Å². The molecule has 1 saturated carbocycles. The van der Waals surface area contributed by atoms with Gasteiger partial charge >= 0.3 is 0 Å². The fourth-order valence-corrected chi connectivity index (χ4v) is 4.37. The summed E-state index contributed by atoms with van der Waals surface area (Å²) < 4.78 is 0. The maximum atomic E-state index is 3.81. The quantitative estimate of drug-likeness (QED) is 0.689. The van der Waals surface area contributed by atoms with E-state index in [1.807, 2.05) is 0 Å². The zero-order valence-corrected chi connectivity index (χ0v) is 13.0. The van der Waals surface area contributed by atoms with Crippen molar-refractivity contribution in [3.8, 4) is 0 Å². The van der Waals surface area contributed by atoms with Gasteiger partial charge in [-0.25, -0.2) is 0 Å². The van der Waals surface area contributed by atoms with Crippen molar-refractivity contribution in [2.24, 2.45) is 5.41 Å². The Hall–Kier alpha value is 0.440. The molecule has 1 saturated heterocycles. The first-order valence-electron chi connectivity index (χ1n) is 7.56. The number of likely N-dealkylation sites (tertiary alicyclic amines) is 1. The van der Waals surface area contributed by atoms with Gasteiger partial charge in [-0.05, 0) is 44.6 Å². The molecule has 0 radical (unpaired) electrons. The van der Waals surface area contributed by atoms with Gasteiger partial charge in [0.2, 0.25) is 0 Å². The van der Waals surface area contributed by atoms with Crippen molar-refractivity contribution in [1.29, 1.82) is 0 Å². The summed E-state index contributed by atoms with van der Waals surface area (Å²) in [5.74, 6) is 0. The Bertz CT molecular complexity index is 223. The van der Waals surface area contributed by atoms with Crippen LogP contribution in [0, 0.1) is 5.41 Å². The first kappa shape index (κ1) is 13.9. The van der Waals surface area contributed by atoms with Crippen LogP contribution in [0.1, 0.15) is 64.7 Å². The van der Waals surface area contributed by atoms with E-state index in [9.17, 15) is 0 Å². The number of hydrogen-bond acceptors (Lipinski definition) is 1. The second kappa shape index (κ2) is 6.56. The summed E-state index contributed by atoms with van der Waals surface area (Å²) in [6.07, 6.45) is 13.0. The molecule has 0 amide bonds. The summed E-state index contributed by atoms with van der Waals surface area (Å²) in [5, 5.41) is 1.21. The fraction of sp³-hybridized carbons (Fsp3) is 1.00. The smallest absolute Gasteiger partial charge is 0.0100 e. The van der Waals surface area contributed by atoms with E-state index >= 15 is 0 Å². The SMILES string of the molecule is CC1CCCCCN1CC1(CBr)CCCCC1. The molecule has 1 heterocycles. The molecule has 1 nitrogen and oxygen atoms in total. The van der Waals surface area contributed by atoms with Crippen molar-refractivity contribution in [1.82, 2.24) is 4.90 Å². The summed E-state index contributed by atoms with van der Waals surface area (Å²) in [6.45, 7) is 5.13. The molecule has 0 aromatic carbocycles. The van der Waals surface area contributed by atoms with Crippen LogP contribution in [0.5, 0.6) is 0 Å². The molecule has 17 heavy (non-hydrogen) atoms. The molecular weight excluding hydrogens is 274 g/mol. The van der Waals surface area contributed by atoms with Crippen molar-refractivity contribution >= 4 is 15.9 Å². The highest BCUT2D eigenvalue weighted by Crippen LogP contribution is 2.39. The highest BCUT2D eigenvalue weighted by atomic mass is 79.9. The van der Waals surface area contributed by atoms with Crippen LogP contribution in [-0.2, 0) is 0 Å². The van der Waals surface area contributed by atoms with Crippen LogP contribution in [0.25, 0.3) is 0 Å². The number of halogens is 1. The Labute approximate surface area is 115 Å². The minimum Gasteiger partial charge on any atom is -0.300 e. The van der Waals surface area contributed by atoms with Gasteiger partial charge in [-0.2, -0.15) is 0 Å². The lowest BCUT2D eigenvalue weighted by Crippen LogP contribution is -2.44. The monoisotopic (exact) mass is 301 g/mol. The largest absolute Gasteiger partial charge is 0.300 e. The third-order valence-electron chi connectivity index (χ3n) is 4.93. The molecule has 0 aromatic rings. The third kappa shape index (κ3) is 3.70. The maximum Gasteiger partial charge on any atom is 0.0100 e. The molecule has 1 atom stereocenters. The highest BCUT2D eigenvalue weighted by molar-refractivity contribution is 9.09. The Morgan fingerprint density at radius 2 is 1.76 bits per heavy atom. The van der Waals surface area contributed by atoms with E-state index in [-0.39, 0.29) is 0 Å². The number of hydrogen-bond donors (Lipinski definition) is 0. The second-order valence-corrected chi connectivity index (χ2v) is 6.92. The minimum absolute atomic E-state index is 0.594. The van der Waals surface area contributed by atoms with Crippen LogP contribution < -0.4 is 0 Å². The summed E-state index contributed by atoms with van der Waals surface area (Å²) in [7, 11) is 0. The highest BCUT2D eigenvalue weighted by Gasteiger charge is 2.34. The Morgan fingerprint density at radius 3 is 2.47 bits per heavy atom. The lowest BCUT2D eigenvalue weighted by Gasteiger charge is -2.41. The van der Waals surface area contributed by atoms with E-state index in [0.717, 1.165) is 6.04 Å². The third-order valence-corrected chi connectivity index (χ3v) is 6.12. The summed E-state index contributed by atoms with van der Waals surface area (Å²) in [4.78, 5) is 2.79. The van der Waals surface area contributed by atoms with Crippen molar-refractivity contribution in [2.75, 3.05) is 18.4 Å². The second-order valence-electron chi connectivity index (χ2n) is 6.36. The predicted octanol–water partition coefficient (Wildman–Crippen LogP) is 4.60. The van der Waals surface area contributed by atoms with Gasteiger partial charge in [0.15, 0.2) is 0 Å². The van der Waals surface area contributed by atoms with E-state index in [4.69, 9.17) is 0 Å². The van der Waals surface area contributed by atoms with Crippen LogP contribution in [-0.4, -0.2) is 29.4 Å². The summed E-state index contributed by atoms with van der Waals surface area (Å²) in [5.41, 5.74) is 0.594.